The van der Waals surface area contributed by atoms with E-state index >= 15 is 0 Å². The summed E-state index contributed by atoms with van der Waals surface area (Å²) in [4.78, 5) is 12.8. The molecular formula is C46H78O2. The lowest BCUT2D eigenvalue weighted by Gasteiger charge is -2.61. The molecule has 4 aliphatic rings. The Morgan fingerprint density at radius 3 is 2.06 bits per heavy atom. The molecule has 0 spiro atoms. The summed E-state index contributed by atoms with van der Waals surface area (Å²) in [7, 11) is 0. The quantitative estimate of drug-likeness (QED) is 0.0781. The largest absolute Gasteiger partial charge is 0.462 e. The number of carbonyl (C=O) groups excluding carboxylic acids is 1. The Morgan fingerprint density at radius 2 is 1.38 bits per heavy atom. The van der Waals surface area contributed by atoms with Crippen molar-refractivity contribution in [3.05, 3.63) is 36.5 Å². The number of carbonyl (C=O) groups is 1. The van der Waals surface area contributed by atoms with Gasteiger partial charge in [0.05, 0.1) is 0 Å². The third-order valence-corrected chi connectivity index (χ3v) is 14.9. The van der Waals surface area contributed by atoms with Crippen LogP contribution in [0.15, 0.2) is 36.5 Å². The molecule has 0 amide bonds. The molecule has 0 heterocycles. The number of esters is 1. The standard InChI is InChI=1S/C46H78O2/c1-8-9-10-11-12-13-14-15-16-17-18-19-20-21-22-23-44(47)48-39-30-32-45(6)38(34-39)26-27-40-42-29-28-41(46(42,7)33-31-43(40)45)37(5)25-24-36(4)35(2)3/h12-13,15-16,18-19,35-43H,8-11,14,17,20-34H2,1-7H3/t36-,37+,38?,39?,40-,41+,42-,43-,45-,46+/m0/s1. The molecule has 2 heteroatoms. The Hall–Kier alpha value is -1.31. The predicted molar refractivity (Wildman–Crippen MR) is 207 cm³/mol. The number of unbranched alkanes of at least 4 members (excludes halogenated alkanes) is 5. The van der Waals surface area contributed by atoms with Crippen molar-refractivity contribution in [2.75, 3.05) is 0 Å². The van der Waals surface area contributed by atoms with Crippen LogP contribution in [-0.4, -0.2) is 12.1 Å². The first-order valence-corrected chi connectivity index (χ1v) is 21.2. The summed E-state index contributed by atoms with van der Waals surface area (Å²) < 4.78 is 6.15. The van der Waals surface area contributed by atoms with Crippen LogP contribution in [-0.2, 0) is 9.53 Å². The zero-order chi connectivity index (χ0) is 34.6. The van der Waals surface area contributed by atoms with Gasteiger partial charge >= 0.3 is 5.97 Å². The second-order valence-electron chi connectivity index (χ2n) is 18.2. The Bertz CT molecular complexity index is 1040. The Kier molecular flexibility index (Phi) is 15.9. The molecule has 0 saturated heterocycles. The molecule has 0 aliphatic heterocycles. The number of hydrogen-bond donors (Lipinski definition) is 0. The monoisotopic (exact) mass is 663 g/mol. The highest BCUT2D eigenvalue weighted by Crippen LogP contribution is 2.68. The zero-order valence-corrected chi connectivity index (χ0v) is 32.8. The van der Waals surface area contributed by atoms with Gasteiger partial charge < -0.3 is 4.74 Å². The van der Waals surface area contributed by atoms with Crippen LogP contribution >= 0.6 is 0 Å². The van der Waals surface area contributed by atoms with Gasteiger partial charge in [0.1, 0.15) is 6.10 Å². The van der Waals surface area contributed by atoms with E-state index in [0.29, 0.717) is 17.3 Å². The van der Waals surface area contributed by atoms with Gasteiger partial charge in [-0.3, -0.25) is 4.79 Å². The number of allylic oxidation sites excluding steroid dienone is 6. The van der Waals surface area contributed by atoms with Gasteiger partial charge in [0.2, 0.25) is 0 Å². The van der Waals surface area contributed by atoms with Crippen LogP contribution in [0, 0.1) is 58.2 Å². The minimum Gasteiger partial charge on any atom is -0.462 e. The summed E-state index contributed by atoms with van der Waals surface area (Å²) in [5, 5.41) is 0. The van der Waals surface area contributed by atoms with Gasteiger partial charge in [0, 0.05) is 6.42 Å². The molecule has 0 N–H and O–H groups in total. The van der Waals surface area contributed by atoms with Crippen LogP contribution < -0.4 is 0 Å². The fourth-order valence-corrected chi connectivity index (χ4v) is 11.4. The second-order valence-corrected chi connectivity index (χ2v) is 18.2. The maximum absolute atomic E-state index is 12.8. The van der Waals surface area contributed by atoms with Gasteiger partial charge in [0.25, 0.3) is 0 Å². The molecule has 0 aromatic rings. The highest BCUT2D eigenvalue weighted by atomic mass is 16.5. The minimum atomic E-state index is 0.0503. The maximum Gasteiger partial charge on any atom is 0.306 e. The lowest BCUT2D eigenvalue weighted by Crippen LogP contribution is -2.54. The van der Waals surface area contributed by atoms with Gasteiger partial charge in [-0.1, -0.05) is 111 Å². The van der Waals surface area contributed by atoms with E-state index in [1.807, 2.05) is 0 Å². The fraction of sp³-hybridized carbons (Fsp3) is 0.848. The van der Waals surface area contributed by atoms with Crippen molar-refractivity contribution in [1.82, 2.24) is 0 Å². The number of fused-ring (bicyclic) bond motifs is 5. The molecule has 4 rings (SSSR count). The smallest absolute Gasteiger partial charge is 0.306 e. The average molecular weight is 663 g/mol. The van der Waals surface area contributed by atoms with Crippen molar-refractivity contribution in [1.29, 1.82) is 0 Å². The Labute approximate surface area is 298 Å². The first-order valence-electron chi connectivity index (χ1n) is 21.2. The number of hydrogen-bond acceptors (Lipinski definition) is 2. The first kappa shape index (κ1) is 39.5. The summed E-state index contributed by atoms with van der Waals surface area (Å²) in [6, 6.07) is 0. The van der Waals surface area contributed by atoms with E-state index in [1.54, 1.807) is 0 Å². The second kappa shape index (κ2) is 19.3. The zero-order valence-electron chi connectivity index (χ0n) is 32.8. The van der Waals surface area contributed by atoms with Gasteiger partial charge in [-0.05, 0) is 161 Å². The van der Waals surface area contributed by atoms with Crippen LogP contribution in [0.3, 0.4) is 0 Å². The molecule has 10 atom stereocenters. The van der Waals surface area contributed by atoms with Crippen molar-refractivity contribution in [3.63, 3.8) is 0 Å². The normalized spacial score (nSPS) is 34.8. The molecule has 48 heavy (non-hydrogen) atoms. The summed E-state index contributed by atoms with van der Waals surface area (Å²) in [5.74, 6) is 7.01. The van der Waals surface area contributed by atoms with Crippen molar-refractivity contribution in [2.45, 2.75) is 189 Å². The van der Waals surface area contributed by atoms with E-state index in [1.165, 1.54) is 83.5 Å². The van der Waals surface area contributed by atoms with E-state index in [4.69, 9.17) is 4.74 Å². The third kappa shape index (κ3) is 10.4. The lowest BCUT2D eigenvalue weighted by atomic mass is 9.44. The van der Waals surface area contributed by atoms with Gasteiger partial charge in [-0.15, -0.1) is 0 Å². The summed E-state index contributed by atoms with van der Waals surface area (Å²) in [5.41, 5.74) is 1.02. The Balaban J connectivity index is 1.13. The molecule has 4 saturated carbocycles. The fourth-order valence-electron chi connectivity index (χ4n) is 11.4. The molecule has 0 aromatic heterocycles. The van der Waals surface area contributed by atoms with Crippen LogP contribution in [0.5, 0.6) is 0 Å². The molecule has 0 radical (unpaired) electrons. The molecular weight excluding hydrogens is 585 g/mol. The molecule has 274 valence electrons. The van der Waals surface area contributed by atoms with E-state index in [2.05, 4.69) is 84.9 Å². The third-order valence-electron chi connectivity index (χ3n) is 14.9. The maximum atomic E-state index is 12.8. The number of rotatable bonds is 19. The van der Waals surface area contributed by atoms with Crippen molar-refractivity contribution in [3.8, 4) is 0 Å². The molecule has 2 nitrogen and oxygen atoms in total. The van der Waals surface area contributed by atoms with Gasteiger partial charge in [0.15, 0.2) is 0 Å². The van der Waals surface area contributed by atoms with E-state index < -0.39 is 0 Å². The lowest BCUT2D eigenvalue weighted by molar-refractivity contribution is -0.162. The molecule has 0 aromatic carbocycles. The van der Waals surface area contributed by atoms with Crippen LogP contribution in [0.25, 0.3) is 0 Å². The van der Waals surface area contributed by atoms with Crippen LogP contribution in [0.1, 0.15) is 183 Å². The average Bonchev–Trinajstić information content (AvgIpc) is 3.42. The van der Waals surface area contributed by atoms with Gasteiger partial charge in [-0.25, -0.2) is 0 Å². The molecule has 4 aliphatic carbocycles. The highest BCUT2D eigenvalue weighted by Gasteiger charge is 2.60. The van der Waals surface area contributed by atoms with E-state index in [-0.39, 0.29) is 12.1 Å². The van der Waals surface area contributed by atoms with Crippen molar-refractivity contribution in [2.24, 2.45) is 58.2 Å². The highest BCUT2D eigenvalue weighted by molar-refractivity contribution is 5.69. The predicted octanol–water partition coefficient (Wildman–Crippen LogP) is 13.9. The Morgan fingerprint density at radius 1 is 0.729 bits per heavy atom. The van der Waals surface area contributed by atoms with E-state index in [9.17, 15) is 4.79 Å². The SMILES string of the molecule is CCCCCC=CCC=CCC=CCCCCC(=O)OC1CC[C@@]2(C)C(CC[C@H]3[C@@H]4CC[C@H]([C@H](C)CC[C@H](C)C(C)C)[C@@]4(C)CC[C@@H]32)C1. The van der Waals surface area contributed by atoms with Crippen molar-refractivity contribution < 1.29 is 9.53 Å². The van der Waals surface area contributed by atoms with E-state index in [0.717, 1.165) is 92.3 Å². The summed E-state index contributed by atoms with van der Waals surface area (Å²) in [6.45, 7) is 17.5. The topological polar surface area (TPSA) is 26.3 Å². The van der Waals surface area contributed by atoms with Crippen molar-refractivity contribution >= 4 is 5.97 Å². The molecule has 0 bridgehead atoms. The molecule has 2 unspecified atom stereocenters. The minimum absolute atomic E-state index is 0.0503. The van der Waals surface area contributed by atoms with Crippen LogP contribution in [0.2, 0.25) is 0 Å². The summed E-state index contributed by atoms with van der Waals surface area (Å²) >= 11 is 0. The van der Waals surface area contributed by atoms with Gasteiger partial charge in [-0.2, -0.15) is 0 Å². The van der Waals surface area contributed by atoms with Crippen LogP contribution in [0.4, 0.5) is 0 Å². The number of ether oxygens (including phenoxy) is 1. The molecule has 4 fully saturated rings. The summed E-state index contributed by atoms with van der Waals surface area (Å²) in [6.07, 6.45) is 39.7. The first-order chi connectivity index (χ1) is 23.1.